The van der Waals surface area contributed by atoms with Crippen LogP contribution in [0.25, 0.3) is 0 Å². The standard InChI is InChI=1S/C7H11O3/c1-5(7(9)10)3-4-6(2)8/h3-4,6,8H,1-2H3,(H,9,10). The van der Waals surface area contributed by atoms with Gasteiger partial charge in [-0.3, -0.25) is 0 Å². The van der Waals surface area contributed by atoms with Crippen LogP contribution < -0.4 is 0 Å². The first-order valence-corrected chi connectivity index (χ1v) is 2.97. The summed E-state index contributed by atoms with van der Waals surface area (Å²) in [6.45, 7) is 3.03. The maximum Gasteiger partial charge on any atom is 0.330 e. The van der Waals surface area contributed by atoms with E-state index in [1.807, 2.05) is 0 Å². The van der Waals surface area contributed by atoms with E-state index in [0.717, 1.165) is 0 Å². The molecule has 0 fully saturated rings. The molecule has 1 radical (unpaired) electrons. The van der Waals surface area contributed by atoms with Crippen LogP contribution in [0.5, 0.6) is 0 Å². The molecule has 0 heterocycles. The highest BCUT2D eigenvalue weighted by Gasteiger charge is 1.99. The van der Waals surface area contributed by atoms with Gasteiger partial charge in [0.05, 0.1) is 6.10 Å². The summed E-state index contributed by atoms with van der Waals surface area (Å²) in [5.74, 6) is -0.961. The number of rotatable bonds is 3. The van der Waals surface area contributed by atoms with E-state index in [-0.39, 0.29) is 5.57 Å². The maximum atomic E-state index is 10.1. The molecule has 0 saturated heterocycles. The summed E-state index contributed by atoms with van der Waals surface area (Å²) < 4.78 is 0. The first-order valence-electron chi connectivity index (χ1n) is 2.97. The van der Waals surface area contributed by atoms with Gasteiger partial charge in [-0.2, -0.15) is 0 Å². The van der Waals surface area contributed by atoms with Crippen molar-refractivity contribution in [1.29, 1.82) is 0 Å². The molecule has 1 unspecified atom stereocenters. The van der Waals surface area contributed by atoms with Crippen LogP contribution in [0, 0.1) is 6.42 Å². The van der Waals surface area contributed by atoms with Crippen LogP contribution >= 0.6 is 0 Å². The van der Waals surface area contributed by atoms with E-state index in [0.29, 0.717) is 0 Å². The molecule has 0 amide bonds. The quantitative estimate of drug-likeness (QED) is 0.569. The lowest BCUT2D eigenvalue weighted by Crippen LogP contribution is -2.01. The van der Waals surface area contributed by atoms with Crippen molar-refractivity contribution in [2.45, 2.75) is 20.0 Å². The Kier molecular flexibility index (Phi) is 3.72. The fraction of sp³-hybridized carbons (Fsp3) is 0.429. The smallest absolute Gasteiger partial charge is 0.330 e. The minimum Gasteiger partial charge on any atom is -0.478 e. The molecule has 0 aromatic rings. The Balaban J connectivity index is 3.81. The molecule has 10 heavy (non-hydrogen) atoms. The zero-order chi connectivity index (χ0) is 8.15. The summed E-state index contributed by atoms with van der Waals surface area (Å²) in [5, 5.41) is 17.0. The molecule has 3 heteroatoms. The van der Waals surface area contributed by atoms with Crippen LogP contribution in [0.15, 0.2) is 11.6 Å². The van der Waals surface area contributed by atoms with E-state index >= 15 is 0 Å². The Morgan fingerprint density at radius 3 is 2.40 bits per heavy atom. The molecular formula is C7H11O3. The monoisotopic (exact) mass is 143 g/mol. The first-order chi connectivity index (χ1) is 4.54. The summed E-state index contributed by atoms with van der Waals surface area (Å²) in [6.07, 6.45) is 2.21. The van der Waals surface area contributed by atoms with Crippen LogP contribution in [0.1, 0.15) is 13.8 Å². The van der Waals surface area contributed by atoms with Gasteiger partial charge in [-0.25, -0.2) is 4.79 Å². The molecule has 2 N–H and O–H groups in total. The van der Waals surface area contributed by atoms with E-state index < -0.39 is 12.1 Å². The molecular weight excluding hydrogens is 132 g/mol. The van der Waals surface area contributed by atoms with Crippen LogP contribution in [-0.4, -0.2) is 22.3 Å². The van der Waals surface area contributed by atoms with Crippen molar-refractivity contribution in [3.8, 4) is 0 Å². The number of carboxylic acid groups (broad SMARTS) is 1. The number of aliphatic hydroxyl groups is 1. The van der Waals surface area contributed by atoms with E-state index in [9.17, 15) is 4.79 Å². The molecule has 0 aliphatic rings. The normalized spacial score (nSPS) is 14.9. The van der Waals surface area contributed by atoms with Gasteiger partial charge in [-0.05, 0) is 13.8 Å². The number of aliphatic hydroxyl groups excluding tert-OH is 1. The minimum absolute atomic E-state index is 0.223. The third-order valence-corrected chi connectivity index (χ3v) is 0.962. The van der Waals surface area contributed by atoms with Crippen molar-refractivity contribution in [3.05, 3.63) is 18.1 Å². The Morgan fingerprint density at radius 1 is 1.60 bits per heavy atom. The Hall–Kier alpha value is -0.830. The van der Waals surface area contributed by atoms with Gasteiger partial charge in [-0.1, -0.05) is 6.08 Å². The third-order valence-electron chi connectivity index (χ3n) is 0.962. The zero-order valence-corrected chi connectivity index (χ0v) is 6.03. The maximum absolute atomic E-state index is 10.1. The van der Waals surface area contributed by atoms with Crippen LogP contribution in [0.3, 0.4) is 0 Å². The zero-order valence-electron chi connectivity index (χ0n) is 6.03. The predicted molar refractivity (Wildman–Crippen MR) is 37.4 cm³/mol. The third kappa shape index (κ3) is 4.09. The van der Waals surface area contributed by atoms with Crippen LogP contribution in [0.4, 0.5) is 0 Å². The molecule has 0 aliphatic carbocycles. The van der Waals surface area contributed by atoms with Crippen LogP contribution in [-0.2, 0) is 4.79 Å². The number of carbonyl (C=O) groups is 1. The van der Waals surface area contributed by atoms with Gasteiger partial charge in [0.15, 0.2) is 0 Å². The van der Waals surface area contributed by atoms with E-state index in [1.165, 1.54) is 19.4 Å². The van der Waals surface area contributed by atoms with Gasteiger partial charge in [-0.15, -0.1) is 0 Å². The second-order valence-electron chi connectivity index (χ2n) is 2.09. The minimum atomic E-state index is -0.961. The SMILES string of the molecule is CC(=C[CH]C(C)O)C(=O)O. The lowest BCUT2D eigenvalue weighted by atomic mass is 10.2. The number of hydrogen-bond acceptors (Lipinski definition) is 2. The fourth-order valence-corrected chi connectivity index (χ4v) is 0.355. The Morgan fingerprint density at radius 2 is 2.10 bits per heavy atom. The molecule has 0 rings (SSSR count). The lowest BCUT2D eigenvalue weighted by molar-refractivity contribution is -0.132. The highest BCUT2D eigenvalue weighted by atomic mass is 16.4. The summed E-state index contributed by atoms with van der Waals surface area (Å²) in [6, 6.07) is 0. The highest BCUT2D eigenvalue weighted by Crippen LogP contribution is 1.96. The van der Waals surface area contributed by atoms with Gasteiger partial charge in [0.25, 0.3) is 0 Å². The molecule has 0 spiro atoms. The van der Waals surface area contributed by atoms with Gasteiger partial charge in [0, 0.05) is 12.0 Å². The summed E-state index contributed by atoms with van der Waals surface area (Å²) in [4.78, 5) is 10.1. The molecule has 0 aromatic carbocycles. The summed E-state index contributed by atoms with van der Waals surface area (Å²) >= 11 is 0. The van der Waals surface area contributed by atoms with Crippen LogP contribution in [0.2, 0.25) is 0 Å². The van der Waals surface area contributed by atoms with E-state index in [2.05, 4.69) is 0 Å². The predicted octanol–water partition coefficient (Wildman–Crippen LogP) is 0.602. The van der Waals surface area contributed by atoms with Crippen molar-refractivity contribution in [2.75, 3.05) is 0 Å². The highest BCUT2D eigenvalue weighted by molar-refractivity contribution is 5.86. The van der Waals surface area contributed by atoms with E-state index in [4.69, 9.17) is 10.2 Å². The van der Waals surface area contributed by atoms with Crippen molar-refractivity contribution >= 4 is 5.97 Å². The average Bonchev–Trinajstić information content (AvgIpc) is 1.82. The Bertz CT molecular complexity index is 147. The van der Waals surface area contributed by atoms with Gasteiger partial charge in [0.2, 0.25) is 0 Å². The van der Waals surface area contributed by atoms with Crippen molar-refractivity contribution in [2.24, 2.45) is 0 Å². The van der Waals surface area contributed by atoms with Gasteiger partial charge in [0.1, 0.15) is 0 Å². The summed E-state index contributed by atoms with van der Waals surface area (Å²) in [5.41, 5.74) is 0.223. The lowest BCUT2D eigenvalue weighted by Gasteiger charge is -1.96. The molecule has 0 saturated carbocycles. The second-order valence-corrected chi connectivity index (χ2v) is 2.09. The van der Waals surface area contributed by atoms with Gasteiger partial charge < -0.3 is 10.2 Å². The summed E-state index contributed by atoms with van der Waals surface area (Å²) in [7, 11) is 0. The van der Waals surface area contributed by atoms with Crippen molar-refractivity contribution in [1.82, 2.24) is 0 Å². The Labute approximate surface area is 60.0 Å². The molecule has 0 bridgehead atoms. The average molecular weight is 143 g/mol. The number of aliphatic carboxylic acids is 1. The van der Waals surface area contributed by atoms with Gasteiger partial charge >= 0.3 is 5.97 Å². The second kappa shape index (κ2) is 4.06. The largest absolute Gasteiger partial charge is 0.478 e. The van der Waals surface area contributed by atoms with E-state index in [1.54, 1.807) is 6.92 Å². The number of hydrogen-bond donors (Lipinski definition) is 2. The molecule has 1 atom stereocenters. The molecule has 0 aromatic heterocycles. The number of carboxylic acids is 1. The first kappa shape index (κ1) is 9.17. The molecule has 0 aliphatic heterocycles. The fourth-order valence-electron chi connectivity index (χ4n) is 0.355. The van der Waals surface area contributed by atoms with Crippen molar-refractivity contribution < 1.29 is 15.0 Å². The molecule has 57 valence electrons. The molecule has 3 nitrogen and oxygen atoms in total. The topological polar surface area (TPSA) is 57.5 Å². The van der Waals surface area contributed by atoms with Crippen molar-refractivity contribution in [3.63, 3.8) is 0 Å².